The van der Waals surface area contributed by atoms with E-state index < -0.39 is 0 Å². The molecule has 1 fully saturated rings. The van der Waals surface area contributed by atoms with Crippen LogP contribution in [-0.4, -0.2) is 31.0 Å². The van der Waals surface area contributed by atoms with Gasteiger partial charge in [0, 0.05) is 13.1 Å². The summed E-state index contributed by atoms with van der Waals surface area (Å²) in [6.07, 6.45) is 2.63. The lowest BCUT2D eigenvalue weighted by Crippen LogP contribution is -2.30. The molecule has 3 nitrogen and oxygen atoms in total. The van der Waals surface area contributed by atoms with Crippen LogP contribution >= 0.6 is 0 Å². The fourth-order valence-corrected chi connectivity index (χ4v) is 3.20. The molecule has 2 aromatic carbocycles. The fourth-order valence-electron chi connectivity index (χ4n) is 3.20. The van der Waals surface area contributed by atoms with Gasteiger partial charge in [-0.15, -0.1) is 0 Å². The van der Waals surface area contributed by atoms with Gasteiger partial charge in [-0.2, -0.15) is 0 Å². The van der Waals surface area contributed by atoms with E-state index in [2.05, 4.69) is 12.1 Å². The van der Waals surface area contributed by atoms with E-state index in [1.165, 1.54) is 5.56 Å². The van der Waals surface area contributed by atoms with Gasteiger partial charge in [-0.3, -0.25) is 4.79 Å². The number of likely N-dealkylation sites (tertiary alicyclic amines) is 1. The number of amides is 1. The van der Waals surface area contributed by atoms with Gasteiger partial charge in [0.2, 0.25) is 5.91 Å². The highest BCUT2D eigenvalue weighted by Crippen LogP contribution is 2.23. The summed E-state index contributed by atoms with van der Waals surface area (Å²) in [4.78, 5) is 14.4. The van der Waals surface area contributed by atoms with Crippen molar-refractivity contribution in [2.75, 3.05) is 20.2 Å². The highest BCUT2D eigenvalue weighted by Gasteiger charge is 2.26. The molecule has 0 spiro atoms. The van der Waals surface area contributed by atoms with E-state index in [0.717, 1.165) is 37.2 Å². The van der Waals surface area contributed by atoms with Crippen molar-refractivity contribution in [1.29, 1.82) is 0 Å². The second kappa shape index (κ2) is 7.32. The minimum Gasteiger partial charge on any atom is -0.497 e. The zero-order valence-electron chi connectivity index (χ0n) is 13.6. The largest absolute Gasteiger partial charge is 0.497 e. The van der Waals surface area contributed by atoms with Gasteiger partial charge in [0.05, 0.1) is 13.5 Å². The summed E-state index contributed by atoms with van der Waals surface area (Å²) in [6, 6.07) is 18.2. The quantitative estimate of drug-likeness (QED) is 0.848. The second-order valence-electron chi connectivity index (χ2n) is 6.21. The van der Waals surface area contributed by atoms with E-state index in [0.29, 0.717) is 12.3 Å². The Bertz CT molecular complexity index is 636. The minimum absolute atomic E-state index is 0.244. The number of ether oxygens (including phenoxy) is 1. The zero-order chi connectivity index (χ0) is 16.1. The van der Waals surface area contributed by atoms with E-state index >= 15 is 0 Å². The SMILES string of the molecule is COc1ccc(CC2CCN(C(=O)Cc3ccccc3)C2)cc1. The normalized spacial score (nSPS) is 17.3. The summed E-state index contributed by atoms with van der Waals surface area (Å²) >= 11 is 0. The maximum atomic E-state index is 12.4. The number of methoxy groups -OCH3 is 1. The van der Waals surface area contributed by atoms with Gasteiger partial charge in [-0.1, -0.05) is 42.5 Å². The van der Waals surface area contributed by atoms with Crippen LogP contribution in [0.2, 0.25) is 0 Å². The number of hydrogen-bond donors (Lipinski definition) is 0. The predicted octanol–water partition coefficient (Wildman–Crippen LogP) is 3.33. The van der Waals surface area contributed by atoms with Crippen molar-refractivity contribution in [1.82, 2.24) is 4.90 Å². The van der Waals surface area contributed by atoms with Crippen LogP contribution in [0, 0.1) is 5.92 Å². The first kappa shape index (κ1) is 15.6. The standard InChI is InChI=1S/C20H23NO2/c1-23-19-9-7-17(8-10-19)13-18-11-12-21(15-18)20(22)14-16-5-3-2-4-6-16/h2-10,18H,11-15H2,1H3. The molecular formula is C20H23NO2. The molecule has 0 N–H and O–H groups in total. The highest BCUT2D eigenvalue weighted by atomic mass is 16.5. The lowest BCUT2D eigenvalue weighted by Gasteiger charge is -2.17. The first-order chi connectivity index (χ1) is 11.2. The third kappa shape index (κ3) is 4.13. The number of rotatable bonds is 5. The number of hydrogen-bond acceptors (Lipinski definition) is 2. The first-order valence-corrected chi connectivity index (χ1v) is 8.19. The molecule has 0 radical (unpaired) electrons. The Hall–Kier alpha value is -2.29. The molecule has 3 rings (SSSR count). The van der Waals surface area contributed by atoms with Crippen molar-refractivity contribution in [2.45, 2.75) is 19.3 Å². The predicted molar refractivity (Wildman–Crippen MR) is 91.5 cm³/mol. The van der Waals surface area contributed by atoms with Crippen LogP contribution in [0.4, 0.5) is 0 Å². The highest BCUT2D eigenvalue weighted by molar-refractivity contribution is 5.79. The van der Waals surface area contributed by atoms with Crippen molar-refractivity contribution in [3.05, 3.63) is 65.7 Å². The molecule has 2 aromatic rings. The molecule has 23 heavy (non-hydrogen) atoms. The Labute approximate surface area is 137 Å². The van der Waals surface area contributed by atoms with Crippen molar-refractivity contribution in [2.24, 2.45) is 5.92 Å². The Morgan fingerprint density at radius 3 is 2.52 bits per heavy atom. The molecule has 120 valence electrons. The third-order valence-corrected chi connectivity index (χ3v) is 4.52. The Kier molecular flexibility index (Phi) is 4.96. The Morgan fingerprint density at radius 2 is 1.83 bits per heavy atom. The van der Waals surface area contributed by atoms with Crippen LogP contribution in [0.5, 0.6) is 5.75 Å². The fraction of sp³-hybridized carbons (Fsp3) is 0.350. The van der Waals surface area contributed by atoms with Crippen LogP contribution in [0.3, 0.4) is 0 Å². The molecule has 1 aliphatic rings. The molecule has 3 heteroatoms. The molecule has 1 saturated heterocycles. The Balaban J connectivity index is 1.52. The van der Waals surface area contributed by atoms with Crippen LogP contribution in [0.25, 0.3) is 0 Å². The van der Waals surface area contributed by atoms with Crippen LogP contribution in [-0.2, 0) is 17.6 Å². The monoisotopic (exact) mass is 309 g/mol. The maximum absolute atomic E-state index is 12.4. The number of carbonyl (C=O) groups excluding carboxylic acids is 1. The molecule has 0 aromatic heterocycles. The van der Waals surface area contributed by atoms with Gasteiger partial charge in [0.1, 0.15) is 5.75 Å². The molecule has 1 aliphatic heterocycles. The summed E-state index contributed by atoms with van der Waals surface area (Å²) in [5, 5.41) is 0. The van der Waals surface area contributed by atoms with Crippen molar-refractivity contribution >= 4 is 5.91 Å². The van der Waals surface area contributed by atoms with Crippen LogP contribution in [0.1, 0.15) is 17.5 Å². The second-order valence-corrected chi connectivity index (χ2v) is 6.21. The lowest BCUT2D eigenvalue weighted by molar-refractivity contribution is -0.129. The van der Waals surface area contributed by atoms with Gasteiger partial charge in [-0.05, 0) is 42.0 Å². The summed E-state index contributed by atoms with van der Waals surface area (Å²) in [6.45, 7) is 1.75. The minimum atomic E-state index is 0.244. The summed E-state index contributed by atoms with van der Waals surface area (Å²) in [5.74, 6) is 1.69. The van der Waals surface area contributed by atoms with Crippen molar-refractivity contribution in [3.8, 4) is 5.75 Å². The first-order valence-electron chi connectivity index (χ1n) is 8.19. The van der Waals surface area contributed by atoms with E-state index in [4.69, 9.17) is 4.74 Å². The Morgan fingerprint density at radius 1 is 1.09 bits per heavy atom. The smallest absolute Gasteiger partial charge is 0.226 e. The summed E-state index contributed by atoms with van der Waals surface area (Å²) in [5.41, 5.74) is 2.41. The van der Waals surface area contributed by atoms with Crippen molar-refractivity contribution in [3.63, 3.8) is 0 Å². The van der Waals surface area contributed by atoms with Crippen LogP contribution in [0.15, 0.2) is 54.6 Å². The summed E-state index contributed by atoms with van der Waals surface area (Å²) < 4.78 is 5.19. The molecule has 0 aliphatic carbocycles. The average Bonchev–Trinajstić information content (AvgIpc) is 3.05. The van der Waals surface area contributed by atoms with Gasteiger partial charge < -0.3 is 9.64 Å². The van der Waals surface area contributed by atoms with E-state index in [9.17, 15) is 4.79 Å². The molecule has 1 heterocycles. The molecule has 0 bridgehead atoms. The number of nitrogens with zero attached hydrogens (tertiary/aromatic N) is 1. The van der Waals surface area contributed by atoms with E-state index in [-0.39, 0.29) is 5.91 Å². The van der Waals surface area contributed by atoms with Gasteiger partial charge in [-0.25, -0.2) is 0 Å². The molecule has 1 atom stereocenters. The number of benzene rings is 2. The average molecular weight is 309 g/mol. The van der Waals surface area contributed by atoms with Gasteiger partial charge in [0.15, 0.2) is 0 Å². The van der Waals surface area contributed by atoms with E-state index in [1.807, 2.05) is 47.4 Å². The van der Waals surface area contributed by atoms with Crippen molar-refractivity contribution < 1.29 is 9.53 Å². The van der Waals surface area contributed by atoms with Crippen LogP contribution < -0.4 is 4.74 Å². The maximum Gasteiger partial charge on any atom is 0.226 e. The number of carbonyl (C=O) groups is 1. The topological polar surface area (TPSA) is 29.5 Å². The summed E-state index contributed by atoms with van der Waals surface area (Å²) in [7, 11) is 1.68. The van der Waals surface area contributed by atoms with E-state index in [1.54, 1.807) is 7.11 Å². The molecule has 1 unspecified atom stereocenters. The third-order valence-electron chi connectivity index (χ3n) is 4.52. The molecule has 0 saturated carbocycles. The molecular weight excluding hydrogens is 286 g/mol. The van der Waals surface area contributed by atoms with Gasteiger partial charge >= 0.3 is 0 Å². The van der Waals surface area contributed by atoms with Gasteiger partial charge in [0.25, 0.3) is 0 Å². The molecule has 1 amide bonds. The lowest BCUT2D eigenvalue weighted by atomic mass is 9.99. The zero-order valence-corrected chi connectivity index (χ0v) is 13.6.